The zero-order valence-corrected chi connectivity index (χ0v) is 24.7. The summed E-state index contributed by atoms with van der Waals surface area (Å²) in [5.74, 6) is -3.51. The van der Waals surface area contributed by atoms with Crippen LogP contribution in [-0.4, -0.2) is 50.9 Å². The van der Waals surface area contributed by atoms with Crippen LogP contribution >= 0.6 is 35.0 Å². The summed E-state index contributed by atoms with van der Waals surface area (Å²) in [5.41, 5.74) is 3.67. The molecule has 0 bridgehead atoms. The number of halogens is 5. The highest BCUT2D eigenvalue weighted by atomic mass is 35.5. The summed E-state index contributed by atoms with van der Waals surface area (Å²) in [6.07, 6.45) is 1.52. The number of benzene rings is 2. The number of alkyl halides is 3. The number of hydrogen-bond acceptors (Lipinski definition) is 8. The molecule has 0 atom stereocenters. The van der Waals surface area contributed by atoms with Crippen molar-refractivity contribution in [1.82, 2.24) is 15.3 Å². The third-order valence-electron chi connectivity index (χ3n) is 5.70. The van der Waals surface area contributed by atoms with Gasteiger partial charge in [0.25, 0.3) is 5.91 Å². The average Bonchev–Trinajstić information content (AvgIpc) is 3.32. The molecule has 226 valence electrons. The van der Waals surface area contributed by atoms with Crippen LogP contribution in [0.5, 0.6) is 0 Å². The lowest BCUT2D eigenvalue weighted by Crippen LogP contribution is -2.21. The Labute approximate surface area is 261 Å². The topological polar surface area (TPSA) is 131 Å². The zero-order valence-electron chi connectivity index (χ0n) is 22.4. The highest BCUT2D eigenvalue weighted by Crippen LogP contribution is 2.37. The Kier molecular flexibility index (Phi) is 10.2. The van der Waals surface area contributed by atoms with Crippen molar-refractivity contribution >= 4 is 80.6 Å². The van der Waals surface area contributed by atoms with Gasteiger partial charge in [0.05, 0.1) is 32.6 Å². The van der Waals surface area contributed by atoms with Gasteiger partial charge < -0.3 is 15.2 Å². The number of carboxylic acids is 1. The number of pyridine rings is 2. The number of carbonyl (C=O) groups excluding carboxylic acids is 2. The van der Waals surface area contributed by atoms with E-state index in [0.29, 0.717) is 42.4 Å². The Balaban J connectivity index is 0.000000566. The standard InChI is InChI=1S/C27H18Cl2N4O3S.C2HF3O2/c1-2-36-26(35)18-14-31-21-7-6-15(12-17(21)23(18)16-8-10-30-11-9-16)13-22-25(34)33-27(37-22)32-24-19(28)4-3-5-20(24)29;3-2(4,5)1(6)7/h3-14H,2H2,1H3,(H,32,33,34);(H,6,7). The van der Waals surface area contributed by atoms with Gasteiger partial charge >= 0.3 is 18.1 Å². The van der Waals surface area contributed by atoms with Gasteiger partial charge in [-0.2, -0.15) is 13.2 Å². The van der Waals surface area contributed by atoms with Crippen molar-refractivity contribution in [2.75, 3.05) is 6.61 Å². The SMILES string of the molecule is CCOC(=O)c1cnc2ccc(C=C3SC(=Nc4c(Cl)cccc4Cl)NC3=O)cc2c1-c1ccncc1.O=C(O)C(F)(F)F. The van der Waals surface area contributed by atoms with E-state index in [1.807, 2.05) is 30.3 Å². The number of rotatable bonds is 5. The van der Waals surface area contributed by atoms with Gasteiger partial charge in [0.2, 0.25) is 0 Å². The number of thioether (sulfide) groups is 1. The van der Waals surface area contributed by atoms with Gasteiger partial charge in [0.1, 0.15) is 5.69 Å². The predicted octanol–water partition coefficient (Wildman–Crippen LogP) is 7.31. The molecule has 15 heteroatoms. The average molecular weight is 663 g/mol. The number of nitrogens with zero attached hydrogens (tertiary/aromatic N) is 3. The smallest absolute Gasteiger partial charge is 0.475 e. The zero-order chi connectivity index (χ0) is 32.0. The molecule has 2 aromatic heterocycles. The van der Waals surface area contributed by atoms with Gasteiger partial charge in [0.15, 0.2) is 5.17 Å². The van der Waals surface area contributed by atoms with E-state index in [9.17, 15) is 22.8 Å². The van der Waals surface area contributed by atoms with E-state index in [-0.39, 0.29) is 12.5 Å². The van der Waals surface area contributed by atoms with Crippen molar-refractivity contribution in [2.24, 2.45) is 4.99 Å². The first-order valence-corrected chi connectivity index (χ1v) is 14.0. The van der Waals surface area contributed by atoms with Crippen LogP contribution in [0, 0.1) is 0 Å². The number of aromatic nitrogens is 2. The van der Waals surface area contributed by atoms with E-state index in [1.165, 1.54) is 18.0 Å². The van der Waals surface area contributed by atoms with Gasteiger partial charge in [0, 0.05) is 29.5 Å². The molecule has 2 N–H and O–H groups in total. The van der Waals surface area contributed by atoms with E-state index < -0.39 is 18.1 Å². The van der Waals surface area contributed by atoms with Crippen molar-refractivity contribution in [3.63, 3.8) is 0 Å². The normalized spacial score (nSPS) is 14.7. The molecule has 3 heterocycles. The Morgan fingerprint density at radius 3 is 2.39 bits per heavy atom. The van der Waals surface area contributed by atoms with Crippen molar-refractivity contribution in [2.45, 2.75) is 13.1 Å². The number of amidine groups is 1. The van der Waals surface area contributed by atoms with Crippen LogP contribution < -0.4 is 5.32 Å². The Morgan fingerprint density at radius 1 is 1.11 bits per heavy atom. The quantitative estimate of drug-likeness (QED) is 0.168. The molecule has 1 amide bonds. The molecule has 0 aliphatic carbocycles. The molecule has 0 saturated carbocycles. The number of nitrogens with one attached hydrogen (secondary N) is 1. The Bertz CT molecular complexity index is 1800. The van der Waals surface area contributed by atoms with Crippen LogP contribution in [0.25, 0.3) is 28.1 Å². The number of aliphatic imine (C=N–C) groups is 1. The summed E-state index contributed by atoms with van der Waals surface area (Å²) in [7, 11) is 0. The van der Waals surface area contributed by atoms with E-state index in [2.05, 4.69) is 20.3 Å². The fraction of sp³-hybridized carbons (Fsp3) is 0.103. The molecular weight excluding hydrogens is 644 g/mol. The number of para-hydroxylation sites is 1. The first-order chi connectivity index (χ1) is 20.9. The number of esters is 1. The summed E-state index contributed by atoms with van der Waals surface area (Å²) in [6, 6.07) is 14.3. The lowest BCUT2D eigenvalue weighted by molar-refractivity contribution is -0.192. The maximum Gasteiger partial charge on any atom is 0.490 e. The monoisotopic (exact) mass is 662 g/mol. The highest BCUT2D eigenvalue weighted by Gasteiger charge is 2.38. The summed E-state index contributed by atoms with van der Waals surface area (Å²) in [5, 5.41) is 11.8. The van der Waals surface area contributed by atoms with Crippen LogP contribution in [-0.2, 0) is 14.3 Å². The van der Waals surface area contributed by atoms with Crippen molar-refractivity contribution < 1.29 is 37.4 Å². The molecule has 2 aromatic carbocycles. The van der Waals surface area contributed by atoms with Gasteiger partial charge in [-0.3, -0.25) is 14.8 Å². The number of amides is 1. The second-order valence-electron chi connectivity index (χ2n) is 8.63. The molecule has 5 rings (SSSR count). The van der Waals surface area contributed by atoms with Crippen LogP contribution in [0.1, 0.15) is 22.8 Å². The van der Waals surface area contributed by atoms with Crippen LogP contribution in [0.2, 0.25) is 10.0 Å². The molecule has 1 aliphatic rings. The lowest BCUT2D eigenvalue weighted by atomic mass is 9.96. The van der Waals surface area contributed by atoms with E-state index >= 15 is 0 Å². The van der Waals surface area contributed by atoms with Crippen LogP contribution in [0.15, 0.2) is 77.0 Å². The fourth-order valence-corrected chi connectivity index (χ4v) is 5.13. The molecule has 1 aliphatic heterocycles. The summed E-state index contributed by atoms with van der Waals surface area (Å²) in [4.78, 5) is 47.8. The second-order valence-corrected chi connectivity index (χ2v) is 10.5. The molecule has 0 radical (unpaired) electrons. The van der Waals surface area contributed by atoms with Gasteiger partial charge in [-0.15, -0.1) is 0 Å². The van der Waals surface area contributed by atoms with Crippen LogP contribution in [0.4, 0.5) is 18.9 Å². The van der Waals surface area contributed by atoms with E-state index in [0.717, 1.165) is 16.5 Å². The van der Waals surface area contributed by atoms with Crippen molar-refractivity contribution in [1.29, 1.82) is 0 Å². The molecule has 1 saturated heterocycles. The molecule has 0 unspecified atom stereocenters. The first-order valence-electron chi connectivity index (χ1n) is 12.4. The fourth-order valence-electron chi connectivity index (χ4n) is 3.82. The van der Waals surface area contributed by atoms with Crippen molar-refractivity contribution in [3.8, 4) is 11.1 Å². The highest BCUT2D eigenvalue weighted by molar-refractivity contribution is 8.18. The maximum atomic E-state index is 12.7. The van der Waals surface area contributed by atoms with Gasteiger partial charge in [-0.05, 0) is 72.3 Å². The third-order valence-corrected chi connectivity index (χ3v) is 7.22. The molecule has 4 aromatic rings. The van der Waals surface area contributed by atoms with Gasteiger partial charge in [-0.25, -0.2) is 14.6 Å². The summed E-state index contributed by atoms with van der Waals surface area (Å²) < 4.78 is 37.0. The number of fused-ring (bicyclic) bond motifs is 1. The Morgan fingerprint density at radius 2 is 1.77 bits per heavy atom. The molecule has 44 heavy (non-hydrogen) atoms. The molecule has 9 nitrogen and oxygen atoms in total. The predicted molar refractivity (Wildman–Crippen MR) is 162 cm³/mol. The first kappa shape index (κ1) is 32.5. The van der Waals surface area contributed by atoms with Crippen LogP contribution in [0.3, 0.4) is 0 Å². The molecular formula is C29H19Cl2F3N4O5S. The minimum absolute atomic E-state index is 0.244. The Hall–Kier alpha value is -4.46. The summed E-state index contributed by atoms with van der Waals surface area (Å²) in [6.45, 7) is 2.00. The number of ether oxygens (including phenoxy) is 1. The maximum absolute atomic E-state index is 12.7. The second kappa shape index (κ2) is 13.9. The van der Waals surface area contributed by atoms with E-state index in [4.69, 9.17) is 37.8 Å². The number of aliphatic carboxylic acids is 1. The minimum atomic E-state index is -5.08. The third kappa shape index (κ3) is 7.73. The van der Waals surface area contributed by atoms with Crippen molar-refractivity contribution in [3.05, 3.63) is 93.2 Å². The molecule has 0 spiro atoms. The number of carboxylic acid groups (broad SMARTS) is 1. The molecule has 1 fully saturated rings. The number of hydrogen-bond donors (Lipinski definition) is 2. The van der Waals surface area contributed by atoms with Gasteiger partial charge in [-0.1, -0.05) is 35.3 Å². The number of carbonyl (C=O) groups is 3. The largest absolute Gasteiger partial charge is 0.490 e. The lowest BCUT2D eigenvalue weighted by Gasteiger charge is -2.13. The summed E-state index contributed by atoms with van der Waals surface area (Å²) >= 11 is 13.6. The van der Waals surface area contributed by atoms with E-state index in [1.54, 1.807) is 43.6 Å². The minimum Gasteiger partial charge on any atom is -0.475 e.